The van der Waals surface area contributed by atoms with Crippen molar-refractivity contribution in [2.45, 2.75) is 174 Å². The van der Waals surface area contributed by atoms with E-state index < -0.39 is 8.80 Å². The second kappa shape index (κ2) is 29.4. The van der Waals surface area contributed by atoms with Gasteiger partial charge in [-0.05, 0) is 38.5 Å². The molecule has 0 aliphatic heterocycles. The van der Waals surface area contributed by atoms with Gasteiger partial charge in [0, 0.05) is 25.9 Å². The van der Waals surface area contributed by atoms with Gasteiger partial charge in [-0.1, -0.05) is 136 Å². The Hall–Kier alpha value is -0.163. The molecular weight excluding hydrogens is 460 g/mol. The first-order chi connectivity index (χ1) is 17.7. The Balaban J connectivity index is 4.78. The van der Waals surface area contributed by atoms with Crippen molar-refractivity contribution >= 4 is 8.80 Å². The number of hydrogen-bond acceptors (Lipinski definition) is 3. The zero-order valence-corrected chi connectivity index (χ0v) is 26.1. The highest BCUT2D eigenvalue weighted by Gasteiger charge is 2.40. The molecule has 0 aromatic rings. The van der Waals surface area contributed by atoms with E-state index in [1.165, 1.54) is 116 Å². The monoisotopic (exact) mass is 526 g/mol. The molecule has 0 aromatic heterocycles. The molecule has 0 aromatic carbocycles. The minimum absolute atomic E-state index is 0.807. The van der Waals surface area contributed by atoms with Gasteiger partial charge in [0.15, 0.2) is 0 Å². The van der Waals surface area contributed by atoms with Crippen LogP contribution in [0.15, 0.2) is 12.7 Å². The van der Waals surface area contributed by atoms with Crippen LogP contribution >= 0.6 is 0 Å². The van der Waals surface area contributed by atoms with Crippen LogP contribution in [0, 0.1) is 0 Å². The van der Waals surface area contributed by atoms with E-state index in [-0.39, 0.29) is 0 Å². The zero-order chi connectivity index (χ0) is 26.4. The molecule has 0 bridgehead atoms. The Bertz CT molecular complexity index is 384. The minimum atomic E-state index is -2.61. The number of unbranched alkanes of at least 4 members (excludes halogenated alkanes) is 19. The van der Waals surface area contributed by atoms with Crippen molar-refractivity contribution in [3.05, 3.63) is 12.7 Å². The summed E-state index contributed by atoms with van der Waals surface area (Å²) >= 11 is 0. The van der Waals surface area contributed by atoms with Gasteiger partial charge in [-0.25, -0.2) is 0 Å². The molecule has 0 heterocycles. The molecular formula is C32H66O3Si. The van der Waals surface area contributed by atoms with Crippen LogP contribution < -0.4 is 0 Å². The predicted octanol–water partition coefficient (Wildman–Crippen LogP) is 11.2. The Labute approximate surface area is 228 Å². The Morgan fingerprint density at radius 3 is 1.17 bits per heavy atom. The van der Waals surface area contributed by atoms with Crippen molar-refractivity contribution in [2.75, 3.05) is 19.8 Å². The number of rotatable bonds is 31. The molecule has 0 atom stereocenters. The van der Waals surface area contributed by atoms with E-state index in [1.807, 2.05) is 6.08 Å². The maximum Gasteiger partial charge on any atom is 0.500 e. The summed E-state index contributed by atoms with van der Waals surface area (Å²) in [4.78, 5) is 0. The summed E-state index contributed by atoms with van der Waals surface area (Å²) in [6.45, 7) is 13.1. The quantitative estimate of drug-likeness (QED) is 0.0510. The van der Waals surface area contributed by atoms with Crippen LogP contribution in [0.25, 0.3) is 0 Å². The third-order valence-electron chi connectivity index (χ3n) is 7.10. The molecule has 0 N–H and O–H groups in total. The zero-order valence-electron chi connectivity index (χ0n) is 25.1. The number of hydrogen-bond donors (Lipinski definition) is 0. The van der Waals surface area contributed by atoms with E-state index in [0.29, 0.717) is 0 Å². The summed E-state index contributed by atoms with van der Waals surface area (Å²) in [6, 6.07) is 0.989. The lowest BCUT2D eigenvalue weighted by Gasteiger charge is -2.30. The standard InChI is InChI=1S/C32H66O3Si/c1-5-9-13-17-21-25-29-33-36(32-28-24-20-16-12-8-4,34-30-26-22-18-14-10-6-2)35-31-27-23-19-15-11-7-3/h8H,4-7,9-32H2,1-3H3. The highest BCUT2D eigenvalue weighted by atomic mass is 28.4. The molecule has 0 saturated heterocycles. The van der Waals surface area contributed by atoms with Crippen LogP contribution in [-0.4, -0.2) is 28.6 Å². The maximum atomic E-state index is 6.63. The molecule has 3 nitrogen and oxygen atoms in total. The highest BCUT2D eigenvalue weighted by molar-refractivity contribution is 6.60. The molecule has 0 unspecified atom stereocenters. The lowest BCUT2D eigenvalue weighted by molar-refractivity contribution is 0.0546. The van der Waals surface area contributed by atoms with Crippen molar-refractivity contribution in [1.29, 1.82) is 0 Å². The molecule has 0 spiro atoms. The molecule has 0 radical (unpaired) electrons. The molecule has 0 aliphatic rings. The smallest absolute Gasteiger partial charge is 0.373 e. The summed E-state index contributed by atoms with van der Waals surface area (Å²) in [5, 5.41) is 0. The van der Waals surface area contributed by atoms with E-state index in [2.05, 4.69) is 27.4 Å². The van der Waals surface area contributed by atoms with Gasteiger partial charge in [0.2, 0.25) is 0 Å². The predicted molar refractivity (Wildman–Crippen MR) is 162 cm³/mol. The fourth-order valence-electron chi connectivity index (χ4n) is 4.66. The van der Waals surface area contributed by atoms with Crippen LogP contribution in [0.1, 0.15) is 168 Å². The molecule has 36 heavy (non-hydrogen) atoms. The van der Waals surface area contributed by atoms with Gasteiger partial charge in [0.25, 0.3) is 0 Å². The fraction of sp³-hybridized carbons (Fsp3) is 0.938. The first-order valence-electron chi connectivity index (χ1n) is 16.3. The van der Waals surface area contributed by atoms with Crippen LogP contribution in [-0.2, 0) is 13.3 Å². The lowest BCUT2D eigenvalue weighted by Crippen LogP contribution is -2.46. The van der Waals surface area contributed by atoms with Crippen molar-refractivity contribution in [3.8, 4) is 0 Å². The molecule has 216 valence electrons. The average Bonchev–Trinajstić information content (AvgIpc) is 2.89. The second-order valence-corrected chi connectivity index (χ2v) is 13.5. The molecule has 0 fully saturated rings. The first-order valence-corrected chi connectivity index (χ1v) is 18.2. The van der Waals surface area contributed by atoms with Gasteiger partial charge in [0.1, 0.15) is 0 Å². The van der Waals surface area contributed by atoms with Crippen molar-refractivity contribution in [2.24, 2.45) is 0 Å². The second-order valence-electron chi connectivity index (χ2n) is 10.8. The van der Waals surface area contributed by atoms with Crippen LogP contribution in [0.3, 0.4) is 0 Å². The summed E-state index contributed by atoms with van der Waals surface area (Å²) in [7, 11) is -2.61. The van der Waals surface area contributed by atoms with Gasteiger partial charge in [0.05, 0.1) is 0 Å². The molecule has 0 saturated carbocycles. The SMILES string of the molecule is C=CCCCCCC[Si](OCCCCCCCC)(OCCCCCCCC)OCCCCCCCC. The largest absolute Gasteiger partial charge is 0.500 e. The van der Waals surface area contributed by atoms with Crippen LogP contribution in [0.4, 0.5) is 0 Å². The molecule has 0 amide bonds. The van der Waals surface area contributed by atoms with E-state index in [4.69, 9.17) is 13.3 Å². The van der Waals surface area contributed by atoms with Crippen molar-refractivity contribution in [3.63, 3.8) is 0 Å². The summed E-state index contributed by atoms with van der Waals surface area (Å²) in [5.74, 6) is 0. The summed E-state index contributed by atoms with van der Waals surface area (Å²) in [5.41, 5.74) is 0. The topological polar surface area (TPSA) is 27.7 Å². The van der Waals surface area contributed by atoms with Gasteiger partial charge in [-0.3, -0.25) is 0 Å². The molecule has 4 heteroatoms. The normalized spacial score (nSPS) is 11.9. The van der Waals surface area contributed by atoms with Gasteiger partial charge in [-0.2, -0.15) is 0 Å². The van der Waals surface area contributed by atoms with Crippen LogP contribution in [0.2, 0.25) is 6.04 Å². The van der Waals surface area contributed by atoms with Crippen molar-refractivity contribution in [1.82, 2.24) is 0 Å². The summed E-state index contributed by atoms with van der Waals surface area (Å²) in [6.07, 6.45) is 31.3. The van der Waals surface area contributed by atoms with Gasteiger partial charge >= 0.3 is 8.80 Å². The lowest BCUT2D eigenvalue weighted by atomic mass is 10.1. The van der Waals surface area contributed by atoms with E-state index in [0.717, 1.165) is 58.0 Å². The highest BCUT2D eigenvalue weighted by Crippen LogP contribution is 2.23. The van der Waals surface area contributed by atoms with Crippen molar-refractivity contribution < 1.29 is 13.3 Å². The fourth-order valence-corrected chi connectivity index (χ4v) is 7.39. The van der Waals surface area contributed by atoms with E-state index in [1.54, 1.807) is 0 Å². The third kappa shape index (κ3) is 24.2. The summed E-state index contributed by atoms with van der Waals surface area (Å²) < 4.78 is 19.9. The third-order valence-corrected chi connectivity index (χ3v) is 10.00. The molecule has 0 rings (SSSR count). The first kappa shape index (κ1) is 35.8. The Morgan fingerprint density at radius 2 is 0.778 bits per heavy atom. The van der Waals surface area contributed by atoms with Gasteiger partial charge in [-0.15, -0.1) is 6.58 Å². The number of allylic oxidation sites excluding steroid dienone is 1. The van der Waals surface area contributed by atoms with E-state index >= 15 is 0 Å². The van der Waals surface area contributed by atoms with E-state index in [9.17, 15) is 0 Å². The minimum Gasteiger partial charge on any atom is -0.373 e. The molecule has 0 aliphatic carbocycles. The average molecular weight is 527 g/mol. The Kier molecular flexibility index (Phi) is 29.3. The van der Waals surface area contributed by atoms with Gasteiger partial charge < -0.3 is 13.3 Å². The van der Waals surface area contributed by atoms with Crippen LogP contribution in [0.5, 0.6) is 0 Å². The maximum absolute atomic E-state index is 6.63. The Morgan fingerprint density at radius 1 is 0.444 bits per heavy atom.